The van der Waals surface area contributed by atoms with Crippen LogP contribution in [0.25, 0.3) is 0 Å². The summed E-state index contributed by atoms with van der Waals surface area (Å²) in [6, 6.07) is 7.47. The van der Waals surface area contributed by atoms with Crippen molar-refractivity contribution in [1.29, 1.82) is 0 Å². The van der Waals surface area contributed by atoms with Gasteiger partial charge in [-0.1, -0.05) is 19.1 Å². The Kier molecular flexibility index (Phi) is 7.49. The van der Waals surface area contributed by atoms with Crippen LogP contribution in [-0.4, -0.2) is 19.1 Å². The molecule has 0 bridgehead atoms. The van der Waals surface area contributed by atoms with Crippen molar-refractivity contribution >= 4 is 18.3 Å². The van der Waals surface area contributed by atoms with Crippen LogP contribution in [0.1, 0.15) is 32.4 Å². The Morgan fingerprint density at radius 2 is 1.74 bits per heavy atom. The molecular formula is C14H23ClN2O2. The Bertz CT molecular complexity index is 393. The fourth-order valence-electron chi connectivity index (χ4n) is 1.56. The van der Waals surface area contributed by atoms with Gasteiger partial charge in [-0.15, -0.1) is 12.4 Å². The van der Waals surface area contributed by atoms with Gasteiger partial charge in [0.2, 0.25) is 5.91 Å². The molecule has 0 heterocycles. The van der Waals surface area contributed by atoms with E-state index in [1.165, 1.54) is 0 Å². The van der Waals surface area contributed by atoms with E-state index >= 15 is 0 Å². The number of hydrogen-bond acceptors (Lipinski definition) is 3. The lowest BCUT2D eigenvalue weighted by molar-refractivity contribution is -0.125. The first-order valence-corrected chi connectivity index (χ1v) is 6.15. The van der Waals surface area contributed by atoms with Crippen molar-refractivity contribution in [3.63, 3.8) is 0 Å². The van der Waals surface area contributed by atoms with Gasteiger partial charge in [0, 0.05) is 12.0 Å². The van der Waals surface area contributed by atoms with Gasteiger partial charge in [0.15, 0.2) is 0 Å². The molecule has 19 heavy (non-hydrogen) atoms. The lowest BCUT2D eigenvalue weighted by Gasteiger charge is -2.20. The van der Waals surface area contributed by atoms with Gasteiger partial charge in [-0.2, -0.15) is 0 Å². The molecule has 1 rings (SSSR count). The van der Waals surface area contributed by atoms with Crippen LogP contribution in [0.2, 0.25) is 0 Å². The number of halogens is 1. The molecule has 1 amide bonds. The number of benzene rings is 1. The fraction of sp³-hybridized carbons (Fsp3) is 0.500. The largest absolute Gasteiger partial charge is 0.497 e. The minimum atomic E-state index is -0.189. The van der Waals surface area contributed by atoms with Crippen LogP contribution in [0.4, 0.5) is 0 Å². The van der Waals surface area contributed by atoms with Gasteiger partial charge >= 0.3 is 0 Å². The zero-order valence-electron chi connectivity index (χ0n) is 11.8. The van der Waals surface area contributed by atoms with E-state index in [0.29, 0.717) is 0 Å². The minimum Gasteiger partial charge on any atom is -0.497 e. The summed E-state index contributed by atoms with van der Waals surface area (Å²) < 4.78 is 5.10. The molecular weight excluding hydrogens is 264 g/mol. The molecule has 0 aliphatic heterocycles. The molecule has 0 saturated heterocycles. The third-order valence-corrected chi connectivity index (χ3v) is 3.18. The average Bonchev–Trinajstić information content (AvgIpc) is 2.37. The number of rotatable bonds is 5. The van der Waals surface area contributed by atoms with Gasteiger partial charge in [-0.3, -0.25) is 4.79 Å². The SMILES string of the molecule is COc1ccc(C(C)NC(=O)C(C)C(C)N)cc1.Cl. The van der Waals surface area contributed by atoms with Crippen LogP contribution in [0.3, 0.4) is 0 Å². The second-order valence-electron chi connectivity index (χ2n) is 4.65. The van der Waals surface area contributed by atoms with E-state index in [0.717, 1.165) is 11.3 Å². The highest BCUT2D eigenvalue weighted by molar-refractivity contribution is 5.85. The first-order valence-electron chi connectivity index (χ1n) is 6.15. The predicted octanol–water partition coefficient (Wildman–Crippen LogP) is 2.28. The molecule has 0 aromatic heterocycles. The van der Waals surface area contributed by atoms with E-state index in [1.807, 2.05) is 45.0 Å². The topological polar surface area (TPSA) is 64.3 Å². The molecule has 3 atom stereocenters. The second-order valence-corrected chi connectivity index (χ2v) is 4.65. The number of methoxy groups -OCH3 is 1. The molecule has 3 unspecified atom stereocenters. The second kappa shape index (κ2) is 8.02. The zero-order chi connectivity index (χ0) is 13.7. The summed E-state index contributed by atoms with van der Waals surface area (Å²) in [5.41, 5.74) is 6.75. The van der Waals surface area contributed by atoms with Crippen LogP contribution in [-0.2, 0) is 4.79 Å². The Labute approximate surface area is 121 Å². The van der Waals surface area contributed by atoms with E-state index in [-0.39, 0.29) is 36.3 Å². The summed E-state index contributed by atoms with van der Waals surface area (Å²) in [5.74, 6) is 0.597. The average molecular weight is 287 g/mol. The molecule has 1 aromatic carbocycles. The van der Waals surface area contributed by atoms with Crippen LogP contribution in [0, 0.1) is 5.92 Å². The van der Waals surface area contributed by atoms with Gasteiger partial charge in [-0.05, 0) is 31.5 Å². The van der Waals surface area contributed by atoms with Crippen molar-refractivity contribution < 1.29 is 9.53 Å². The van der Waals surface area contributed by atoms with Gasteiger partial charge in [-0.25, -0.2) is 0 Å². The van der Waals surface area contributed by atoms with E-state index < -0.39 is 0 Å². The molecule has 0 aliphatic carbocycles. The Morgan fingerprint density at radius 1 is 1.21 bits per heavy atom. The fourth-order valence-corrected chi connectivity index (χ4v) is 1.56. The number of ether oxygens (including phenoxy) is 1. The summed E-state index contributed by atoms with van der Waals surface area (Å²) >= 11 is 0. The first kappa shape index (κ1) is 17.7. The summed E-state index contributed by atoms with van der Waals surface area (Å²) in [4.78, 5) is 11.9. The van der Waals surface area contributed by atoms with E-state index in [1.54, 1.807) is 7.11 Å². The monoisotopic (exact) mass is 286 g/mol. The smallest absolute Gasteiger partial charge is 0.224 e. The summed E-state index contributed by atoms with van der Waals surface area (Å²) in [6.45, 7) is 5.62. The lowest BCUT2D eigenvalue weighted by Crippen LogP contribution is -2.39. The molecule has 0 aliphatic rings. The maximum absolute atomic E-state index is 11.9. The molecule has 5 heteroatoms. The van der Waals surface area contributed by atoms with Gasteiger partial charge < -0.3 is 15.8 Å². The number of nitrogens with one attached hydrogen (secondary N) is 1. The standard InChI is InChI=1S/C14H22N2O2.ClH/c1-9(10(2)15)14(17)16-11(3)12-5-7-13(18-4)8-6-12;/h5-11H,15H2,1-4H3,(H,16,17);1H. The predicted molar refractivity (Wildman–Crippen MR) is 79.6 cm³/mol. The molecule has 0 saturated carbocycles. The number of nitrogens with two attached hydrogens (primary N) is 1. The Balaban J connectivity index is 0.00000324. The van der Waals surface area contributed by atoms with Gasteiger partial charge in [0.05, 0.1) is 13.2 Å². The maximum atomic E-state index is 11.9. The van der Waals surface area contributed by atoms with Crippen LogP contribution < -0.4 is 15.8 Å². The quantitative estimate of drug-likeness (QED) is 0.873. The Hall–Kier alpha value is -1.26. The van der Waals surface area contributed by atoms with Crippen molar-refractivity contribution in [3.8, 4) is 5.75 Å². The molecule has 3 N–H and O–H groups in total. The van der Waals surface area contributed by atoms with Gasteiger partial charge in [0.1, 0.15) is 5.75 Å². The van der Waals surface area contributed by atoms with Crippen LogP contribution in [0.15, 0.2) is 24.3 Å². The van der Waals surface area contributed by atoms with E-state index in [9.17, 15) is 4.79 Å². The van der Waals surface area contributed by atoms with Crippen LogP contribution in [0.5, 0.6) is 5.75 Å². The van der Waals surface area contributed by atoms with E-state index in [2.05, 4.69) is 5.32 Å². The number of amides is 1. The van der Waals surface area contributed by atoms with E-state index in [4.69, 9.17) is 10.5 Å². The molecule has 1 aromatic rings. The maximum Gasteiger partial charge on any atom is 0.224 e. The first-order chi connectivity index (χ1) is 8.45. The van der Waals surface area contributed by atoms with Crippen molar-refractivity contribution in [2.45, 2.75) is 32.9 Å². The van der Waals surface area contributed by atoms with Crippen molar-refractivity contribution in [2.75, 3.05) is 7.11 Å². The molecule has 0 fully saturated rings. The lowest BCUT2D eigenvalue weighted by atomic mass is 10.0. The summed E-state index contributed by atoms with van der Waals surface area (Å²) in [7, 11) is 1.63. The molecule has 0 spiro atoms. The highest BCUT2D eigenvalue weighted by Gasteiger charge is 2.19. The molecule has 108 valence electrons. The highest BCUT2D eigenvalue weighted by atomic mass is 35.5. The highest BCUT2D eigenvalue weighted by Crippen LogP contribution is 2.17. The number of carbonyl (C=O) groups is 1. The third-order valence-electron chi connectivity index (χ3n) is 3.18. The van der Waals surface area contributed by atoms with Crippen molar-refractivity contribution in [2.24, 2.45) is 11.7 Å². The zero-order valence-corrected chi connectivity index (χ0v) is 12.7. The normalized spacial score (nSPS) is 14.8. The summed E-state index contributed by atoms with van der Waals surface area (Å²) in [6.07, 6.45) is 0. The summed E-state index contributed by atoms with van der Waals surface area (Å²) in [5, 5.41) is 2.95. The van der Waals surface area contributed by atoms with Crippen LogP contribution >= 0.6 is 12.4 Å². The van der Waals surface area contributed by atoms with Gasteiger partial charge in [0.25, 0.3) is 0 Å². The third kappa shape index (κ3) is 5.09. The Morgan fingerprint density at radius 3 is 2.16 bits per heavy atom. The minimum absolute atomic E-state index is 0. The number of carbonyl (C=O) groups excluding carboxylic acids is 1. The number of hydrogen-bond donors (Lipinski definition) is 2. The molecule has 0 radical (unpaired) electrons. The van der Waals surface area contributed by atoms with Crippen molar-refractivity contribution in [3.05, 3.63) is 29.8 Å². The molecule has 4 nitrogen and oxygen atoms in total. The van der Waals surface area contributed by atoms with Crippen molar-refractivity contribution in [1.82, 2.24) is 5.32 Å².